The topological polar surface area (TPSA) is 12.4 Å². The van der Waals surface area contributed by atoms with Crippen LogP contribution in [0.4, 0.5) is 0 Å². The maximum absolute atomic E-state index is 4.55. The van der Waals surface area contributed by atoms with Crippen LogP contribution in [0.15, 0.2) is 4.99 Å². The molecule has 0 saturated carbocycles. The maximum Gasteiger partial charge on any atom is 0.0423 e. The molecule has 0 saturated heterocycles. The van der Waals surface area contributed by atoms with Gasteiger partial charge in [0.05, 0.1) is 0 Å². The standard InChI is InChI=1S/C10H19N/c1-7(2)9-5-10(8(3)4)11-6-9/h7-9H,5-6H2,1-4H3. The van der Waals surface area contributed by atoms with Gasteiger partial charge in [-0.1, -0.05) is 27.7 Å². The van der Waals surface area contributed by atoms with Gasteiger partial charge in [-0.15, -0.1) is 0 Å². The van der Waals surface area contributed by atoms with Crippen LogP contribution in [-0.4, -0.2) is 12.3 Å². The van der Waals surface area contributed by atoms with Gasteiger partial charge < -0.3 is 0 Å². The van der Waals surface area contributed by atoms with Crippen molar-refractivity contribution < 1.29 is 0 Å². The van der Waals surface area contributed by atoms with Crippen LogP contribution in [0.5, 0.6) is 0 Å². The molecular weight excluding hydrogens is 134 g/mol. The van der Waals surface area contributed by atoms with E-state index in [1.165, 1.54) is 12.1 Å². The van der Waals surface area contributed by atoms with Gasteiger partial charge >= 0.3 is 0 Å². The molecule has 0 aliphatic carbocycles. The second-order valence-corrected chi connectivity index (χ2v) is 4.19. The highest BCUT2D eigenvalue weighted by molar-refractivity contribution is 5.87. The SMILES string of the molecule is CC(C)C1=NCC(C(C)C)C1. The molecule has 0 N–H and O–H groups in total. The molecule has 0 aromatic rings. The van der Waals surface area contributed by atoms with E-state index in [0.717, 1.165) is 18.4 Å². The summed E-state index contributed by atoms with van der Waals surface area (Å²) in [5.74, 6) is 2.29. The number of nitrogens with zero attached hydrogens (tertiary/aromatic N) is 1. The Hall–Kier alpha value is -0.330. The number of aliphatic imine (C=N–C) groups is 1. The second kappa shape index (κ2) is 3.38. The minimum atomic E-state index is 0.666. The van der Waals surface area contributed by atoms with Gasteiger partial charge in [0.1, 0.15) is 0 Å². The predicted molar refractivity (Wildman–Crippen MR) is 50.1 cm³/mol. The number of hydrogen-bond acceptors (Lipinski definition) is 1. The Kier molecular flexibility index (Phi) is 2.69. The first-order valence-corrected chi connectivity index (χ1v) is 4.64. The Morgan fingerprint density at radius 1 is 1.27 bits per heavy atom. The lowest BCUT2D eigenvalue weighted by Gasteiger charge is -2.13. The molecule has 11 heavy (non-hydrogen) atoms. The molecular formula is C10H19N. The van der Waals surface area contributed by atoms with Crippen LogP contribution in [-0.2, 0) is 0 Å². The van der Waals surface area contributed by atoms with E-state index < -0.39 is 0 Å². The van der Waals surface area contributed by atoms with Crippen molar-refractivity contribution in [3.05, 3.63) is 0 Å². The van der Waals surface area contributed by atoms with Crippen molar-refractivity contribution in [2.75, 3.05) is 6.54 Å². The fourth-order valence-electron chi connectivity index (χ4n) is 1.50. The molecule has 64 valence electrons. The zero-order chi connectivity index (χ0) is 8.43. The molecule has 0 amide bonds. The molecule has 0 fully saturated rings. The Bertz CT molecular complexity index is 156. The van der Waals surface area contributed by atoms with Crippen LogP contribution in [0.1, 0.15) is 34.1 Å². The summed E-state index contributed by atoms with van der Waals surface area (Å²) in [6, 6.07) is 0. The van der Waals surface area contributed by atoms with Crippen molar-refractivity contribution in [1.29, 1.82) is 0 Å². The summed E-state index contributed by atoms with van der Waals surface area (Å²) in [5.41, 5.74) is 1.43. The number of rotatable bonds is 2. The molecule has 1 unspecified atom stereocenters. The van der Waals surface area contributed by atoms with E-state index in [9.17, 15) is 0 Å². The quantitative estimate of drug-likeness (QED) is 0.578. The van der Waals surface area contributed by atoms with Gasteiger partial charge in [0.2, 0.25) is 0 Å². The third-order valence-electron chi connectivity index (χ3n) is 2.61. The summed E-state index contributed by atoms with van der Waals surface area (Å²) < 4.78 is 0. The van der Waals surface area contributed by atoms with Gasteiger partial charge in [0, 0.05) is 12.3 Å². The Balaban J connectivity index is 2.43. The largest absolute Gasteiger partial charge is 0.294 e. The van der Waals surface area contributed by atoms with Crippen LogP contribution in [0, 0.1) is 17.8 Å². The van der Waals surface area contributed by atoms with Gasteiger partial charge in [-0.2, -0.15) is 0 Å². The molecule has 0 spiro atoms. The lowest BCUT2D eigenvalue weighted by molar-refractivity contribution is 0.424. The van der Waals surface area contributed by atoms with Crippen molar-refractivity contribution in [3.63, 3.8) is 0 Å². The first-order chi connectivity index (χ1) is 5.11. The average Bonchev–Trinajstić information content (AvgIpc) is 2.33. The third-order valence-corrected chi connectivity index (χ3v) is 2.61. The monoisotopic (exact) mass is 153 g/mol. The van der Waals surface area contributed by atoms with E-state index in [4.69, 9.17) is 0 Å². The summed E-state index contributed by atoms with van der Waals surface area (Å²) in [5, 5.41) is 0. The van der Waals surface area contributed by atoms with Crippen LogP contribution in [0.25, 0.3) is 0 Å². The zero-order valence-corrected chi connectivity index (χ0v) is 8.09. The fraction of sp³-hybridized carbons (Fsp3) is 0.900. The van der Waals surface area contributed by atoms with Crippen molar-refractivity contribution in [1.82, 2.24) is 0 Å². The zero-order valence-electron chi connectivity index (χ0n) is 8.09. The van der Waals surface area contributed by atoms with Gasteiger partial charge in [-0.25, -0.2) is 0 Å². The second-order valence-electron chi connectivity index (χ2n) is 4.19. The lowest BCUT2D eigenvalue weighted by atomic mass is 9.91. The van der Waals surface area contributed by atoms with E-state index in [-0.39, 0.29) is 0 Å². The molecule has 1 heteroatoms. The molecule has 1 rings (SSSR count). The summed E-state index contributed by atoms with van der Waals surface area (Å²) in [4.78, 5) is 4.55. The molecule has 1 nitrogen and oxygen atoms in total. The van der Waals surface area contributed by atoms with E-state index in [0.29, 0.717) is 5.92 Å². The predicted octanol–water partition coefficient (Wildman–Crippen LogP) is 2.76. The molecule has 0 radical (unpaired) electrons. The Morgan fingerprint density at radius 2 is 1.91 bits per heavy atom. The first kappa shape index (κ1) is 8.76. The van der Waals surface area contributed by atoms with Gasteiger partial charge in [-0.05, 0) is 24.2 Å². The molecule has 1 atom stereocenters. The first-order valence-electron chi connectivity index (χ1n) is 4.64. The Labute approximate surface area is 69.9 Å². The summed E-state index contributed by atoms with van der Waals surface area (Å²) in [6.07, 6.45) is 1.25. The number of hydrogen-bond donors (Lipinski definition) is 0. The highest BCUT2D eigenvalue weighted by Crippen LogP contribution is 2.24. The van der Waals surface area contributed by atoms with E-state index in [2.05, 4.69) is 32.7 Å². The van der Waals surface area contributed by atoms with Crippen molar-refractivity contribution >= 4 is 5.71 Å². The van der Waals surface area contributed by atoms with E-state index >= 15 is 0 Å². The van der Waals surface area contributed by atoms with Crippen molar-refractivity contribution in [3.8, 4) is 0 Å². The minimum Gasteiger partial charge on any atom is -0.294 e. The highest BCUT2D eigenvalue weighted by atomic mass is 14.8. The highest BCUT2D eigenvalue weighted by Gasteiger charge is 2.22. The van der Waals surface area contributed by atoms with E-state index in [1.807, 2.05) is 0 Å². The minimum absolute atomic E-state index is 0.666. The smallest absolute Gasteiger partial charge is 0.0423 e. The normalized spacial score (nSPS) is 24.9. The Morgan fingerprint density at radius 3 is 2.18 bits per heavy atom. The van der Waals surface area contributed by atoms with Crippen LogP contribution < -0.4 is 0 Å². The summed E-state index contributed by atoms with van der Waals surface area (Å²) in [6.45, 7) is 10.1. The molecule has 1 heterocycles. The average molecular weight is 153 g/mol. The molecule has 0 bridgehead atoms. The fourth-order valence-corrected chi connectivity index (χ4v) is 1.50. The molecule has 0 aromatic carbocycles. The van der Waals surface area contributed by atoms with Crippen LogP contribution >= 0.6 is 0 Å². The molecule has 1 aliphatic rings. The van der Waals surface area contributed by atoms with E-state index in [1.54, 1.807) is 0 Å². The van der Waals surface area contributed by atoms with Crippen LogP contribution in [0.3, 0.4) is 0 Å². The lowest BCUT2D eigenvalue weighted by Crippen LogP contribution is -2.11. The molecule has 0 aromatic heterocycles. The van der Waals surface area contributed by atoms with Crippen molar-refractivity contribution in [2.45, 2.75) is 34.1 Å². The van der Waals surface area contributed by atoms with Crippen LogP contribution in [0.2, 0.25) is 0 Å². The summed E-state index contributed by atoms with van der Waals surface area (Å²) >= 11 is 0. The summed E-state index contributed by atoms with van der Waals surface area (Å²) in [7, 11) is 0. The van der Waals surface area contributed by atoms with Gasteiger partial charge in [0.25, 0.3) is 0 Å². The third kappa shape index (κ3) is 2.05. The van der Waals surface area contributed by atoms with Crippen molar-refractivity contribution in [2.24, 2.45) is 22.7 Å². The van der Waals surface area contributed by atoms with Gasteiger partial charge in [0.15, 0.2) is 0 Å². The maximum atomic E-state index is 4.55. The molecule has 1 aliphatic heterocycles. The van der Waals surface area contributed by atoms with Gasteiger partial charge in [-0.3, -0.25) is 4.99 Å².